The zero-order chi connectivity index (χ0) is 11.7. The van der Waals surface area contributed by atoms with Crippen LogP contribution in [-0.4, -0.2) is 0 Å². The van der Waals surface area contributed by atoms with Gasteiger partial charge in [0.25, 0.3) is 0 Å². The van der Waals surface area contributed by atoms with Crippen molar-refractivity contribution in [1.29, 1.82) is 0 Å². The van der Waals surface area contributed by atoms with Crippen LogP contribution in [0.25, 0.3) is 11.1 Å². The first-order valence-electron chi connectivity index (χ1n) is 4.48. The molecule has 2 aromatic rings. The summed E-state index contributed by atoms with van der Waals surface area (Å²) in [5.74, 6) is -0.778. The van der Waals surface area contributed by atoms with Crippen LogP contribution in [0.3, 0.4) is 0 Å². The fraction of sp³-hybridized carbons (Fsp3) is 0. The van der Waals surface area contributed by atoms with Gasteiger partial charge in [-0.15, -0.1) is 0 Å². The lowest BCUT2D eigenvalue weighted by molar-refractivity contribution is 0.627. The third-order valence-corrected chi connectivity index (χ3v) is 3.15. The molecule has 82 valence electrons. The molecule has 0 saturated carbocycles. The molecule has 0 aliphatic heterocycles. The SMILES string of the molecule is Fc1ccc(-c2cc(F)ccc2Br)c(Cl)c1. The molecule has 16 heavy (non-hydrogen) atoms. The molecule has 0 unspecified atom stereocenters. The van der Waals surface area contributed by atoms with Gasteiger partial charge >= 0.3 is 0 Å². The molecule has 0 nitrogen and oxygen atoms in total. The Morgan fingerprint density at radius 2 is 1.50 bits per heavy atom. The maximum atomic E-state index is 13.1. The predicted octanol–water partition coefficient (Wildman–Crippen LogP) is 5.05. The van der Waals surface area contributed by atoms with Crippen molar-refractivity contribution in [3.05, 3.63) is 57.5 Å². The third-order valence-electron chi connectivity index (χ3n) is 2.15. The van der Waals surface area contributed by atoms with Gasteiger partial charge < -0.3 is 0 Å². The molecule has 4 heteroatoms. The van der Waals surface area contributed by atoms with Gasteiger partial charge in [-0.3, -0.25) is 0 Å². The molecule has 0 atom stereocenters. The van der Waals surface area contributed by atoms with Crippen LogP contribution >= 0.6 is 27.5 Å². The highest BCUT2D eigenvalue weighted by Crippen LogP contribution is 2.34. The van der Waals surface area contributed by atoms with E-state index < -0.39 is 5.82 Å². The quantitative estimate of drug-likeness (QED) is 0.692. The first kappa shape index (κ1) is 11.6. The normalized spacial score (nSPS) is 10.5. The second kappa shape index (κ2) is 4.52. The van der Waals surface area contributed by atoms with Crippen molar-refractivity contribution in [2.45, 2.75) is 0 Å². The molecule has 0 N–H and O–H groups in total. The van der Waals surface area contributed by atoms with E-state index in [0.29, 0.717) is 15.6 Å². The minimum Gasteiger partial charge on any atom is -0.207 e. The molecule has 0 aliphatic rings. The largest absolute Gasteiger partial charge is 0.207 e. The van der Waals surface area contributed by atoms with Crippen LogP contribution in [0.2, 0.25) is 5.02 Å². The summed E-state index contributed by atoms with van der Waals surface area (Å²) in [6.07, 6.45) is 0. The molecule has 0 aliphatic carbocycles. The molecule has 0 fully saturated rings. The summed E-state index contributed by atoms with van der Waals surface area (Å²) in [6, 6.07) is 8.29. The van der Waals surface area contributed by atoms with Crippen LogP contribution < -0.4 is 0 Å². The Labute approximate surface area is 105 Å². The standard InChI is InChI=1S/C12H6BrClF2/c13-11-4-2-7(15)5-10(11)9-3-1-8(16)6-12(9)14/h1-6H. The van der Waals surface area contributed by atoms with Gasteiger partial charge in [0.2, 0.25) is 0 Å². The number of hydrogen-bond donors (Lipinski definition) is 0. The van der Waals surface area contributed by atoms with E-state index in [4.69, 9.17) is 11.6 Å². The van der Waals surface area contributed by atoms with E-state index in [1.807, 2.05) is 0 Å². The average molecular weight is 304 g/mol. The van der Waals surface area contributed by atoms with E-state index in [-0.39, 0.29) is 10.8 Å². The van der Waals surface area contributed by atoms with Gasteiger partial charge in [-0.2, -0.15) is 0 Å². The summed E-state index contributed by atoms with van der Waals surface area (Å²) in [7, 11) is 0. The van der Waals surface area contributed by atoms with Gasteiger partial charge in [0.05, 0.1) is 5.02 Å². The molecular formula is C12H6BrClF2. The first-order valence-corrected chi connectivity index (χ1v) is 5.65. The zero-order valence-electron chi connectivity index (χ0n) is 7.98. The number of halogens is 4. The van der Waals surface area contributed by atoms with E-state index >= 15 is 0 Å². The highest BCUT2D eigenvalue weighted by atomic mass is 79.9. The second-order valence-corrected chi connectivity index (χ2v) is 4.51. The van der Waals surface area contributed by atoms with Crippen LogP contribution in [0.1, 0.15) is 0 Å². The predicted molar refractivity (Wildman–Crippen MR) is 64.5 cm³/mol. The van der Waals surface area contributed by atoms with Crippen molar-refractivity contribution in [3.63, 3.8) is 0 Å². The molecule has 0 aromatic heterocycles. The third kappa shape index (κ3) is 2.25. The zero-order valence-corrected chi connectivity index (χ0v) is 10.3. The van der Waals surface area contributed by atoms with Crippen molar-refractivity contribution in [2.75, 3.05) is 0 Å². The highest BCUT2D eigenvalue weighted by molar-refractivity contribution is 9.10. The van der Waals surface area contributed by atoms with Crippen molar-refractivity contribution >= 4 is 27.5 Å². The van der Waals surface area contributed by atoms with Crippen LogP contribution in [0.4, 0.5) is 8.78 Å². The molecular weight excluding hydrogens is 297 g/mol. The maximum Gasteiger partial charge on any atom is 0.124 e. The first-order chi connectivity index (χ1) is 7.58. The van der Waals surface area contributed by atoms with Crippen LogP contribution in [-0.2, 0) is 0 Å². The van der Waals surface area contributed by atoms with Gasteiger partial charge in [0, 0.05) is 15.6 Å². The summed E-state index contributed by atoms with van der Waals surface area (Å²) in [5.41, 5.74) is 1.19. The fourth-order valence-electron chi connectivity index (χ4n) is 1.41. The van der Waals surface area contributed by atoms with Crippen LogP contribution in [0.15, 0.2) is 40.9 Å². The Kier molecular flexibility index (Phi) is 3.26. The summed E-state index contributed by atoms with van der Waals surface area (Å²) in [5, 5.41) is 0.256. The number of hydrogen-bond acceptors (Lipinski definition) is 0. The van der Waals surface area contributed by atoms with Gasteiger partial charge in [0.1, 0.15) is 11.6 Å². The molecule has 0 saturated heterocycles. The molecule has 0 radical (unpaired) electrons. The van der Waals surface area contributed by atoms with Crippen molar-refractivity contribution in [2.24, 2.45) is 0 Å². The van der Waals surface area contributed by atoms with Gasteiger partial charge in [-0.25, -0.2) is 8.78 Å². The highest BCUT2D eigenvalue weighted by Gasteiger charge is 2.09. The Hall–Kier alpha value is -0.930. The monoisotopic (exact) mass is 302 g/mol. The van der Waals surface area contributed by atoms with Gasteiger partial charge in [0.15, 0.2) is 0 Å². The van der Waals surface area contributed by atoms with E-state index in [1.165, 1.54) is 30.3 Å². The smallest absolute Gasteiger partial charge is 0.124 e. The van der Waals surface area contributed by atoms with Crippen LogP contribution in [0.5, 0.6) is 0 Å². The van der Waals surface area contributed by atoms with Crippen molar-refractivity contribution in [3.8, 4) is 11.1 Å². The summed E-state index contributed by atoms with van der Waals surface area (Å²) in [4.78, 5) is 0. The lowest BCUT2D eigenvalue weighted by Gasteiger charge is -2.07. The van der Waals surface area contributed by atoms with E-state index in [0.717, 1.165) is 0 Å². The van der Waals surface area contributed by atoms with Crippen molar-refractivity contribution in [1.82, 2.24) is 0 Å². The summed E-state index contributed by atoms with van der Waals surface area (Å²) in [6.45, 7) is 0. The maximum absolute atomic E-state index is 13.1. The van der Waals surface area contributed by atoms with Crippen LogP contribution in [0, 0.1) is 11.6 Å². The van der Waals surface area contributed by atoms with E-state index in [9.17, 15) is 8.78 Å². The Balaban J connectivity index is 2.62. The Bertz CT molecular complexity index is 541. The molecule has 0 heterocycles. The van der Waals surface area contributed by atoms with Crippen molar-refractivity contribution < 1.29 is 8.78 Å². The lowest BCUT2D eigenvalue weighted by atomic mass is 10.1. The minimum absolute atomic E-state index is 0.256. The number of rotatable bonds is 1. The molecule has 0 spiro atoms. The Morgan fingerprint density at radius 1 is 0.875 bits per heavy atom. The molecule has 2 rings (SSSR count). The van der Waals surface area contributed by atoms with Gasteiger partial charge in [-0.05, 0) is 36.4 Å². The molecule has 2 aromatic carbocycles. The molecule has 0 bridgehead atoms. The topological polar surface area (TPSA) is 0 Å². The van der Waals surface area contributed by atoms with Gasteiger partial charge in [-0.1, -0.05) is 27.5 Å². The Morgan fingerprint density at radius 3 is 2.19 bits per heavy atom. The second-order valence-electron chi connectivity index (χ2n) is 3.25. The molecule has 0 amide bonds. The van der Waals surface area contributed by atoms with E-state index in [2.05, 4.69) is 15.9 Å². The lowest BCUT2D eigenvalue weighted by Crippen LogP contribution is -1.85. The summed E-state index contributed by atoms with van der Waals surface area (Å²) < 4.78 is 26.7. The fourth-order valence-corrected chi connectivity index (χ4v) is 2.14. The average Bonchev–Trinajstić information content (AvgIpc) is 2.22. The number of benzene rings is 2. The minimum atomic E-state index is -0.415. The van der Waals surface area contributed by atoms with E-state index in [1.54, 1.807) is 6.07 Å². The summed E-state index contributed by atoms with van der Waals surface area (Å²) >= 11 is 9.21.